The third-order valence-corrected chi connectivity index (χ3v) is 5.72. The lowest BCUT2D eigenvalue weighted by Gasteiger charge is -2.30. The number of hydrogen-bond acceptors (Lipinski definition) is 3. The van der Waals surface area contributed by atoms with Gasteiger partial charge in [-0.15, -0.1) is 0 Å². The van der Waals surface area contributed by atoms with Crippen molar-refractivity contribution < 1.29 is 14.0 Å². The Hall–Kier alpha value is -3.28. The van der Waals surface area contributed by atoms with Gasteiger partial charge in [-0.3, -0.25) is 19.5 Å². The zero-order valence-electron chi connectivity index (χ0n) is 17.9. The van der Waals surface area contributed by atoms with Gasteiger partial charge in [-0.1, -0.05) is 17.7 Å². The minimum absolute atomic E-state index is 0.0358. The van der Waals surface area contributed by atoms with Crippen molar-refractivity contribution in [2.24, 2.45) is 0 Å². The zero-order valence-corrected chi connectivity index (χ0v) is 17.9. The molecule has 1 saturated heterocycles. The topological polar surface area (TPSA) is 53.5 Å². The normalized spacial score (nSPS) is 14.0. The van der Waals surface area contributed by atoms with Gasteiger partial charge >= 0.3 is 0 Å². The SMILES string of the molecule is Cc1ccc(N(CC(=O)N2CCCCC2)C(=O)c2cc(C)nc3cc(F)ccc23)cc1. The zero-order chi connectivity index (χ0) is 22.0. The number of carbonyl (C=O) groups is 2. The van der Waals surface area contributed by atoms with Gasteiger partial charge in [-0.25, -0.2) is 4.39 Å². The Labute approximate surface area is 181 Å². The number of aryl methyl sites for hydroxylation is 2. The van der Waals surface area contributed by atoms with E-state index < -0.39 is 5.82 Å². The highest BCUT2D eigenvalue weighted by molar-refractivity contribution is 6.15. The molecule has 160 valence electrons. The highest BCUT2D eigenvalue weighted by Gasteiger charge is 2.26. The van der Waals surface area contributed by atoms with Crippen LogP contribution in [0.15, 0.2) is 48.5 Å². The van der Waals surface area contributed by atoms with Crippen LogP contribution in [-0.4, -0.2) is 41.3 Å². The lowest BCUT2D eigenvalue weighted by Crippen LogP contribution is -2.45. The number of anilines is 1. The maximum Gasteiger partial charge on any atom is 0.259 e. The second kappa shape index (κ2) is 8.84. The molecule has 0 unspecified atom stereocenters. The van der Waals surface area contributed by atoms with Crippen molar-refractivity contribution >= 4 is 28.4 Å². The lowest BCUT2D eigenvalue weighted by atomic mass is 10.1. The summed E-state index contributed by atoms with van der Waals surface area (Å²) in [5.41, 5.74) is 3.18. The number of rotatable bonds is 4. The average Bonchev–Trinajstić information content (AvgIpc) is 2.77. The first-order valence-electron chi connectivity index (χ1n) is 10.7. The second-order valence-electron chi connectivity index (χ2n) is 8.14. The average molecular weight is 420 g/mol. The van der Waals surface area contributed by atoms with Gasteiger partial charge < -0.3 is 4.90 Å². The van der Waals surface area contributed by atoms with Crippen molar-refractivity contribution in [3.8, 4) is 0 Å². The lowest BCUT2D eigenvalue weighted by molar-refractivity contribution is -0.130. The molecule has 0 atom stereocenters. The van der Waals surface area contributed by atoms with Crippen LogP contribution in [0.25, 0.3) is 10.9 Å². The predicted octanol–water partition coefficient (Wildman–Crippen LogP) is 4.65. The van der Waals surface area contributed by atoms with Crippen LogP contribution in [0.4, 0.5) is 10.1 Å². The van der Waals surface area contributed by atoms with E-state index in [0.717, 1.165) is 37.9 Å². The number of fused-ring (bicyclic) bond motifs is 1. The quantitative estimate of drug-likeness (QED) is 0.619. The number of carbonyl (C=O) groups excluding carboxylic acids is 2. The Morgan fingerprint density at radius 1 is 1.00 bits per heavy atom. The summed E-state index contributed by atoms with van der Waals surface area (Å²) >= 11 is 0. The van der Waals surface area contributed by atoms with E-state index in [0.29, 0.717) is 27.8 Å². The van der Waals surface area contributed by atoms with E-state index in [4.69, 9.17) is 0 Å². The maximum atomic E-state index is 13.8. The fraction of sp³-hybridized carbons (Fsp3) is 0.320. The van der Waals surface area contributed by atoms with E-state index in [1.54, 1.807) is 19.1 Å². The first-order chi connectivity index (χ1) is 14.9. The number of halogens is 1. The number of hydrogen-bond donors (Lipinski definition) is 0. The Kier molecular flexibility index (Phi) is 5.98. The van der Waals surface area contributed by atoms with Gasteiger partial charge in [0.15, 0.2) is 0 Å². The van der Waals surface area contributed by atoms with Crippen LogP contribution in [-0.2, 0) is 4.79 Å². The Bertz CT molecular complexity index is 1120. The van der Waals surface area contributed by atoms with Crippen LogP contribution in [0.1, 0.15) is 40.9 Å². The molecule has 6 heteroatoms. The molecule has 1 aliphatic rings. The molecule has 5 nitrogen and oxygen atoms in total. The van der Waals surface area contributed by atoms with Crippen molar-refractivity contribution in [2.45, 2.75) is 33.1 Å². The summed E-state index contributed by atoms with van der Waals surface area (Å²) in [6.45, 7) is 5.17. The minimum Gasteiger partial charge on any atom is -0.341 e. The summed E-state index contributed by atoms with van der Waals surface area (Å²) < 4.78 is 13.8. The van der Waals surface area contributed by atoms with Crippen molar-refractivity contribution in [3.63, 3.8) is 0 Å². The number of likely N-dealkylation sites (tertiary alicyclic amines) is 1. The van der Waals surface area contributed by atoms with Crippen LogP contribution in [0.3, 0.4) is 0 Å². The third-order valence-electron chi connectivity index (χ3n) is 5.72. The van der Waals surface area contributed by atoms with E-state index >= 15 is 0 Å². The van der Waals surface area contributed by atoms with Crippen molar-refractivity contribution in [1.29, 1.82) is 0 Å². The molecule has 2 aromatic carbocycles. The number of pyridine rings is 1. The number of piperidine rings is 1. The smallest absolute Gasteiger partial charge is 0.259 e. The molecular weight excluding hydrogens is 393 g/mol. The van der Waals surface area contributed by atoms with Gasteiger partial charge in [0.2, 0.25) is 5.91 Å². The molecule has 4 rings (SSSR count). The van der Waals surface area contributed by atoms with Gasteiger partial charge in [0.1, 0.15) is 12.4 Å². The van der Waals surface area contributed by atoms with Crippen molar-refractivity contribution in [1.82, 2.24) is 9.88 Å². The molecular formula is C25H26FN3O2. The molecule has 0 saturated carbocycles. The molecule has 1 aliphatic heterocycles. The predicted molar refractivity (Wildman–Crippen MR) is 120 cm³/mol. The molecule has 31 heavy (non-hydrogen) atoms. The van der Waals surface area contributed by atoms with Crippen LogP contribution >= 0.6 is 0 Å². The van der Waals surface area contributed by atoms with E-state index in [2.05, 4.69) is 4.98 Å². The summed E-state index contributed by atoms with van der Waals surface area (Å²) in [5.74, 6) is -0.759. The van der Waals surface area contributed by atoms with Gasteiger partial charge in [0, 0.05) is 35.9 Å². The molecule has 0 radical (unpaired) electrons. The summed E-state index contributed by atoms with van der Waals surface area (Å²) in [4.78, 5) is 34.5. The Balaban J connectivity index is 1.74. The number of nitrogens with zero attached hydrogens (tertiary/aromatic N) is 3. The van der Waals surface area contributed by atoms with E-state index in [1.807, 2.05) is 36.1 Å². The molecule has 3 aromatic rings. The van der Waals surface area contributed by atoms with Crippen LogP contribution in [0, 0.1) is 19.7 Å². The summed E-state index contributed by atoms with van der Waals surface area (Å²) in [5, 5.41) is 0.569. The number of benzene rings is 2. The van der Waals surface area contributed by atoms with Gasteiger partial charge in [0.05, 0.1) is 11.1 Å². The van der Waals surface area contributed by atoms with E-state index in [-0.39, 0.29) is 18.4 Å². The third kappa shape index (κ3) is 4.58. The first kappa shape index (κ1) is 21.0. The largest absolute Gasteiger partial charge is 0.341 e. The minimum atomic E-state index is -0.403. The van der Waals surface area contributed by atoms with E-state index in [1.165, 1.54) is 17.0 Å². The summed E-state index contributed by atoms with van der Waals surface area (Å²) in [7, 11) is 0. The molecule has 0 spiro atoms. The van der Waals surface area contributed by atoms with Gasteiger partial charge in [0.25, 0.3) is 5.91 Å². The molecule has 0 N–H and O–H groups in total. The van der Waals surface area contributed by atoms with Crippen LogP contribution < -0.4 is 4.90 Å². The molecule has 0 bridgehead atoms. The fourth-order valence-electron chi connectivity index (χ4n) is 4.04. The standard InChI is InChI=1S/C25H26FN3O2/c1-17-6-9-20(10-7-17)29(16-24(30)28-12-4-3-5-13-28)25(31)22-14-18(2)27-23-15-19(26)8-11-21(22)23/h6-11,14-15H,3-5,12-13,16H2,1-2H3. The van der Waals surface area contributed by atoms with Crippen molar-refractivity contribution in [3.05, 3.63) is 71.2 Å². The Morgan fingerprint density at radius 3 is 2.42 bits per heavy atom. The fourth-order valence-corrected chi connectivity index (χ4v) is 4.04. The molecule has 2 amide bonds. The van der Waals surface area contributed by atoms with Crippen LogP contribution in [0.5, 0.6) is 0 Å². The monoisotopic (exact) mass is 419 g/mol. The second-order valence-corrected chi connectivity index (χ2v) is 8.14. The van der Waals surface area contributed by atoms with Crippen LogP contribution in [0.2, 0.25) is 0 Å². The highest BCUT2D eigenvalue weighted by Crippen LogP contribution is 2.25. The first-order valence-corrected chi connectivity index (χ1v) is 10.7. The molecule has 2 heterocycles. The van der Waals surface area contributed by atoms with Gasteiger partial charge in [-0.2, -0.15) is 0 Å². The molecule has 1 aromatic heterocycles. The van der Waals surface area contributed by atoms with E-state index in [9.17, 15) is 14.0 Å². The highest BCUT2D eigenvalue weighted by atomic mass is 19.1. The van der Waals surface area contributed by atoms with Gasteiger partial charge in [-0.05, 0) is 63.4 Å². The number of aromatic nitrogens is 1. The number of amides is 2. The maximum absolute atomic E-state index is 13.8. The molecule has 0 aliphatic carbocycles. The van der Waals surface area contributed by atoms with Crippen molar-refractivity contribution in [2.75, 3.05) is 24.5 Å². The Morgan fingerprint density at radius 2 is 1.71 bits per heavy atom. The summed E-state index contributed by atoms with van der Waals surface area (Å²) in [6, 6.07) is 13.5. The molecule has 1 fully saturated rings. The summed E-state index contributed by atoms with van der Waals surface area (Å²) in [6.07, 6.45) is 3.11.